The van der Waals surface area contributed by atoms with E-state index in [9.17, 15) is 0 Å². The maximum Gasteiger partial charge on any atom is 0.150 e. The van der Waals surface area contributed by atoms with Crippen molar-refractivity contribution in [1.29, 1.82) is 0 Å². The summed E-state index contributed by atoms with van der Waals surface area (Å²) in [6.45, 7) is 4.66. The molecule has 6 heteroatoms. The van der Waals surface area contributed by atoms with E-state index in [1.165, 1.54) is 5.56 Å². The van der Waals surface area contributed by atoms with Gasteiger partial charge < -0.3 is 9.64 Å². The molecule has 0 atom stereocenters. The first kappa shape index (κ1) is 15.1. The number of para-hydroxylation sites is 1. The van der Waals surface area contributed by atoms with Gasteiger partial charge in [0, 0.05) is 38.3 Å². The van der Waals surface area contributed by atoms with Crippen molar-refractivity contribution < 1.29 is 4.74 Å². The topological polar surface area (TPSA) is 41.5 Å². The zero-order valence-corrected chi connectivity index (χ0v) is 13.3. The third-order valence-corrected chi connectivity index (χ3v) is 4.17. The van der Waals surface area contributed by atoms with Gasteiger partial charge in [0.2, 0.25) is 0 Å². The van der Waals surface area contributed by atoms with Gasteiger partial charge >= 0.3 is 0 Å². The molecule has 0 amide bonds. The van der Waals surface area contributed by atoms with E-state index in [1.807, 2.05) is 12.1 Å². The number of ether oxygens (including phenoxy) is 1. The van der Waals surface area contributed by atoms with Crippen LogP contribution in [0.25, 0.3) is 0 Å². The summed E-state index contributed by atoms with van der Waals surface area (Å²) in [5.74, 6) is 1.78. The number of nitrogens with zero attached hydrogens (tertiary/aromatic N) is 4. The summed E-state index contributed by atoms with van der Waals surface area (Å²) in [6.07, 6.45) is 3.19. The van der Waals surface area contributed by atoms with Crippen LogP contribution in [0.15, 0.2) is 36.8 Å². The molecule has 2 aromatic rings. The normalized spacial score (nSPS) is 15.8. The molecule has 22 heavy (non-hydrogen) atoms. The third-order valence-electron chi connectivity index (χ3n) is 3.91. The SMILES string of the molecule is COc1ccccc1CN1CCN(c2ncncc2Cl)CC1. The molecule has 2 heterocycles. The molecule has 0 saturated carbocycles. The number of aromatic nitrogens is 2. The van der Waals surface area contributed by atoms with E-state index in [4.69, 9.17) is 16.3 Å². The minimum atomic E-state index is 0.612. The molecule has 1 aliphatic heterocycles. The van der Waals surface area contributed by atoms with E-state index < -0.39 is 0 Å². The molecule has 3 rings (SSSR count). The van der Waals surface area contributed by atoms with Gasteiger partial charge in [-0.3, -0.25) is 4.90 Å². The minimum Gasteiger partial charge on any atom is -0.496 e. The standard InChI is InChI=1S/C16H19ClN4O/c1-22-15-5-3-2-4-13(15)11-20-6-8-21(9-7-20)16-14(17)10-18-12-19-16/h2-5,10,12H,6-9,11H2,1H3. The van der Waals surface area contributed by atoms with Crippen molar-refractivity contribution in [1.82, 2.24) is 14.9 Å². The average molecular weight is 319 g/mol. The smallest absolute Gasteiger partial charge is 0.150 e. The molecular formula is C16H19ClN4O. The second-order valence-corrected chi connectivity index (χ2v) is 5.68. The van der Waals surface area contributed by atoms with Crippen molar-refractivity contribution in [2.45, 2.75) is 6.54 Å². The predicted molar refractivity (Wildman–Crippen MR) is 87.5 cm³/mol. The van der Waals surface area contributed by atoms with Gasteiger partial charge in [-0.1, -0.05) is 29.8 Å². The van der Waals surface area contributed by atoms with Crippen LogP contribution in [0.4, 0.5) is 5.82 Å². The Morgan fingerprint density at radius 2 is 1.95 bits per heavy atom. The number of halogens is 1. The van der Waals surface area contributed by atoms with Crippen LogP contribution in [0.5, 0.6) is 5.75 Å². The molecule has 0 spiro atoms. The Kier molecular flexibility index (Phi) is 4.75. The van der Waals surface area contributed by atoms with E-state index in [2.05, 4.69) is 31.9 Å². The molecule has 0 aliphatic carbocycles. The van der Waals surface area contributed by atoms with Crippen molar-refractivity contribution in [3.8, 4) is 5.75 Å². The molecule has 0 bridgehead atoms. The number of hydrogen-bond acceptors (Lipinski definition) is 5. The zero-order valence-electron chi connectivity index (χ0n) is 12.6. The fourth-order valence-corrected chi connectivity index (χ4v) is 2.96. The van der Waals surface area contributed by atoms with Crippen LogP contribution in [-0.2, 0) is 6.54 Å². The van der Waals surface area contributed by atoms with Gasteiger partial charge in [-0.15, -0.1) is 0 Å². The lowest BCUT2D eigenvalue weighted by atomic mass is 10.1. The lowest BCUT2D eigenvalue weighted by Gasteiger charge is -2.35. The first-order valence-electron chi connectivity index (χ1n) is 7.32. The maximum absolute atomic E-state index is 6.17. The van der Waals surface area contributed by atoms with Gasteiger partial charge in [-0.25, -0.2) is 9.97 Å². The van der Waals surface area contributed by atoms with Crippen molar-refractivity contribution in [3.05, 3.63) is 47.4 Å². The van der Waals surface area contributed by atoms with Crippen LogP contribution in [0.2, 0.25) is 5.02 Å². The van der Waals surface area contributed by atoms with Crippen LogP contribution in [0.1, 0.15) is 5.56 Å². The van der Waals surface area contributed by atoms with Gasteiger partial charge in [-0.2, -0.15) is 0 Å². The van der Waals surface area contributed by atoms with Crippen molar-refractivity contribution in [2.75, 3.05) is 38.2 Å². The molecule has 0 unspecified atom stereocenters. The van der Waals surface area contributed by atoms with Crippen molar-refractivity contribution in [2.24, 2.45) is 0 Å². The quantitative estimate of drug-likeness (QED) is 0.866. The summed E-state index contributed by atoms with van der Waals surface area (Å²) in [7, 11) is 1.72. The van der Waals surface area contributed by atoms with E-state index >= 15 is 0 Å². The summed E-state index contributed by atoms with van der Waals surface area (Å²) in [4.78, 5) is 12.8. The molecule has 0 N–H and O–H groups in total. The fourth-order valence-electron chi connectivity index (χ4n) is 2.73. The molecule has 1 fully saturated rings. The van der Waals surface area contributed by atoms with Crippen LogP contribution in [0, 0.1) is 0 Å². The molecule has 1 aromatic carbocycles. The fraction of sp³-hybridized carbons (Fsp3) is 0.375. The van der Waals surface area contributed by atoms with Crippen LogP contribution >= 0.6 is 11.6 Å². The Labute approximate surface area is 135 Å². The zero-order chi connectivity index (χ0) is 15.4. The van der Waals surface area contributed by atoms with Crippen LogP contribution < -0.4 is 9.64 Å². The first-order chi connectivity index (χ1) is 10.8. The van der Waals surface area contributed by atoms with Gasteiger partial charge in [0.05, 0.1) is 13.3 Å². The highest BCUT2D eigenvalue weighted by Crippen LogP contribution is 2.24. The van der Waals surface area contributed by atoms with E-state index in [0.717, 1.165) is 44.3 Å². The van der Waals surface area contributed by atoms with E-state index in [0.29, 0.717) is 5.02 Å². The molecule has 0 radical (unpaired) electrons. The molecule has 5 nitrogen and oxygen atoms in total. The third kappa shape index (κ3) is 3.31. The lowest BCUT2D eigenvalue weighted by Crippen LogP contribution is -2.46. The Morgan fingerprint density at radius 3 is 2.68 bits per heavy atom. The van der Waals surface area contributed by atoms with Crippen molar-refractivity contribution in [3.63, 3.8) is 0 Å². The second kappa shape index (κ2) is 6.94. The Morgan fingerprint density at radius 1 is 1.18 bits per heavy atom. The number of piperazine rings is 1. The van der Waals surface area contributed by atoms with Crippen LogP contribution in [-0.4, -0.2) is 48.2 Å². The number of hydrogen-bond donors (Lipinski definition) is 0. The Bertz CT molecular complexity index is 629. The highest BCUT2D eigenvalue weighted by Gasteiger charge is 2.20. The van der Waals surface area contributed by atoms with Gasteiger partial charge in [0.25, 0.3) is 0 Å². The summed E-state index contributed by atoms with van der Waals surface area (Å²) < 4.78 is 5.42. The largest absolute Gasteiger partial charge is 0.496 e. The highest BCUT2D eigenvalue weighted by atomic mass is 35.5. The van der Waals surface area contributed by atoms with E-state index in [-0.39, 0.29) is 0 Å². The van der Waals surface area contributed by atoms with Crippen molar-refractivity contribution >= 4 is 17.4 Å². The van der Waals surface area contributed by atoms with E-state index in [1.54, 1.807) is 19.6 Å². The number of benzene rings is 1. The summed E-state index contributed by atoms with van der Waals surface area (Å²) in [6, 6.07) is 8.17. The summed E-state index contributed by atoms with van der Waals surface area (Å²) in [5.41, 5.74) is 1.22. The summed E-state index contributed by atoms with van der Waals surface area (Å²) >= 11 is 6.17. The molecular weight excluding hydrogens is 300 g/mol. The molecule has 1 aromatic heterocycles. The van der Waals surface area contributed by atoms with Gasteiger partial charge in [-0.05, 0) is 6.07 Å². The Hall–Kier alpha value is -1.85. The average Bonchev–Trinajstić information content (AvgIpc) is 2.57. The Balaban J connectivity index is 1.61. The first-order valence-corrected chi connectivity index (χ1v) is 7.70. The highest BCUT2D eigenvalue weighted by molar-refractivity contribution is 6.32. The minimum absolute atomic E-state index is 0.612. The van der Waals surface area contributed by atoms with Gasteiger partial charge in [0.15, 0.2) is 5.82 Å². The lowest BCUT2D eigenvalue weighted by molar-refractivity contribution is 0.245. The maximum atomic E-state index is 6.17. The molecule has 1 saturated heterocycles. The number of rotatable bonds is 4. The predicted octanol–water partition coefficient (Wildman–Crippen LogP) is 2.46. The van der Waals surface area contributed by atoms with Gasteiger partial charge in [0.1, 0.15) is 17.1 Å². The number of anilines is 1. The number of methoxy groups -OCH3 is 1. The monoisotopic (exact) mass is 318 g/mol. The summed E-state index contributed by atoms with van der Waals surface area (Å²) in [5, 5.41) is 0.612. The molecule has 116 valence electrons. The second-order valence-electron chi connectivity index (χ2n) is 5.27. The molecule has 1 aliphatic rings. The van der Waals surface area contributed by atoms with Crippen LogP contribution in [0.3, 0.4) is 0 Å².